The minimum absolute atomic E-state index is 0.0134. The lowest BCUT2D eigenvalue weighted by Gasteiger charge is -2.25. The lowest BCUT2D eigenvalue weighted by atomic mass is 10.2. The number of amides is 1. The van der Waals surface area contributed by atoms with Gasteiger partial charge in [-0.25, -0.2) is 13.8 Å². The first-order chi connectivity index (χ1) is 14.5. The van der Waals surface area contributed by atoms with Gasteiger partial charge < -0.3 is 4.52 Å². The molecule has 1 saturated heterocycles. The van der Waals surface area contributed by atoms with Crippen LogP contribution in [0.5, 0.6) is 0 Å². The third-order valence-corrected chi connectivity index (χ3v) is 6.63. The van der Waals surface area contributed by atoms with E-state index in [1.165, 1.54) is 28.6 Å². The Labute approximate surface area is 173 Å². The number of hydrogen-bond donors (Lipinski definition) is 2. The van der Waals surface area contributed by atoms with Crippen LogP contribution in [0.25, 0.3) is 11.4 Å². The van der Waals surface area contributed by atoms with Gasteiger partial charge in [0.1, 0.15) is 0 Å². The van der Waals surface area contributed by atoms with Gasteiger partial charge in [-0.1, -0.05) is 11.6 Å². The molecule has 0 radical (unpaired) electrons. The Morgan fingerprint density at radius 2 is 1.70 bits per heavy atom. The second-order valence-electron chi connectivity index (χ2n) is 6.73. The van der Waals surface area contributed by atoms with E-state index in [9.17, 15) is 13.2 Å². The topological polar surface area (TPSA) is 130 Å². The molecule has 0 bridgehead atoms. The zero-order valence-corrected chi connectivity index (χ0v) is 16.8. The van der Waals surface area contributed by atoms with Gasteiger partial charge in [-0.2, -0.15) is 9.29 Å². The number of carbonyl (C=O) groups excluding carboxylic acids is 1. The molecule has 0 atom stereocenters. The monoisotopic (exact) mass is 428 g/mol. The highest BCUT2D eigenvalue weighted by molar-refractivity contribution is 7.89. The number of hydrazine groups is 1. The first-order valence-corrected chi connectivity index (χ1v) is 10.9. The Bertz CT molecular complexity index is 1110. The molecule has 1 aliphatic heterocycles. The fraction of sp³-hybridized carbons (Fsp3) is 0.263. The molecule has 30 heavy (non-hydrogen) atoms. The maximum Gasteiger partial charge on any atom is 0.340 e. The van der Waals surface area contributed by atoms with Gasteiger partial charge in [0.15, 0.2) is 0 Å². The highest BCUT2D eigenvalue weighted by Crippen LogP contribution is 2.21. The second-order valence-corrected chi connectivity index (χ2v) is 8.67. The quantitative estimate of drug-likeness (QED) is 0.571. The molecular weight excluding hydrogens is 408 g/mol. The Balaban J connectivity index is 1.38. The van der Waals surface area contributed by atoms with Crippen molar-refractivity contribution in [1.29, 1.82) is 0 Å². The number of sulfonamides is 1. The van der Waals surface area contributed by atoms with E-state index in [-0.39, 0.29) is 16.5 Å². The zero-order chi connectivity index (χ0) is 21.0. The summed E-state index contributed by atoms with van der Waals surface area (Å²) in [6.07, 6.45) is 5.99. The lowest BCUT2D eigenvalue weighted by Crippen LogP contribution is -2.35. The molecule has 11 heteroatoms. The van der Waals surface area contributed by atoms with Gasteiger partial charge in [0, 0.05) is 36.6 Å². The average molecular weight is 428 g/mol. The highest BCUT2D eigenvalue weighted by Gasteiger charge is 2.26. The predicted molar refractivity (Wildman–Crippen MR) is 108 cm³/mol. The standard InChI is InChI=1S/C19H20N6O4S/c26-18(22-23-19-21-17(24-29-19)14-8-10-20-11-9-14)15-4-6-16(7-5-15)30(27,28)25-12-2-1-3-13-25/h4-11H,1-3,12-13H2,(H,22,26)(H,21,23,24). The van der Waals surface area contributed by atoms with Crippen LogP contribution in [0.2, 0.25) is 0 Å². The van der Waals surface area contributed by atoms with E-state index in [0.717, 1.165) is 24.8 Å². The minimum Gasteiger partial charge on any atom is -0.313 e. The van der Waals surface area contributed by atoms with Gasteiger partial charge in [0.25, 0.3) is 5.91 Å². The molecule has 1 aromatic carbocycles. The lowest BCUT2D eigenvalue weighted by molar-refractivity contribution is 0.0961. The van der Waals surface area contributed by atoms with Crippen molar-refractivity contribution in [3.05, 3.63) is 54.4 Å². The SMILES string of the molecule is O=C(NNc1nc(-c2ccncc2)no1)c1ccc(S(=O)(=O)N2CCCCC2)cc1. The van der Waals surface area contributed by atoms with E-state index >= 15 is 0 Å². The molecule has 0 unspecified atom stereocenters. The summed E-state index contributed by atoms with van der Waals surface area (Å²) < 4.78 is 31.9. The number of aromatic nitrogens is 3. The number of pyridine rings is 1. The van der Waals surface area contributed by atoms with Crippen LogP contribution >= 0.6 is 0 Å². The maximum absolute atomic E-state index is 12.7. The summed E-state index contributed by atoms with van der Waals surface area (Å²) in [5.74, 6) is -0.123. The largest absolute Gasteiger partial charge is 0.340 e. The number of hydrogen-bond acceptors (Lipinski definition) is 8. The molecule has 1 fully saturated rings. The molecule has 10 nitrogen and oxygen atoms in total. The number of nitrogens with one attached hydrogen (secondary N) is 2. The van der Waals surface area contributed by atoms with E-state index in [4.69, 9.17) is 4.52 Å². The van der Waals surface area contributed by atoms with Crippen LogP contribution in [-0.2, 0) is 10.0 Å². The van der Waals surface area contributed by atoms with Gasteiger partial charge in [-0.15, -0.1) is 0 Å². The van der Waals surface area contributed by atoms with Crippen LogP contribution in [0.15, 0.2) is 58.2 Å². The van der Waals surface area contributed by atoms with Crippen LogP contribution in [0, 0.1) is 0 Å². The number of anilines is 1. The van der Waals surface area contributed by atoms with E-state index in [1.807, 2.05) is 0 Å². The Kier molecular flexibility index (Phi) is 5.72. The van der Waals surface area contributed by atoms with E-state index in [1.54, 1.807) is 24.5 Å². The summed E-state index contributed by atoms with van der Waals surface area (Å²) in [5.41, 5.74) is 6.00. The van der Waals surface area contributed by atoms with Gasteiger partial charge in [-0.3, -0.25) is 15.2 Å². The molecule has 2 N–H and O–H groups in total. The fourth-order valence-electron chi connectivity index (χ4n) is 3.11. The summed E-state index contributed by atoms with van der Waals surface area (Å²) in [5, 5.41) is 3.82. The van der Waals surface area contributed by atoms with Crippen molar-refractivity contribution in [3.8, 4) is 11.4 Å². The van der Waals surface area contributed by atoms with Crippen molar-refractivity contribution in [2.45, 2.75) is 24.2 Å². The van der Waals surface area contributed by atoms with Crippen LogP contribution in [0.3, 0.4) is 0 Å². The normalized spacial score (nSPS) is 14.9. The number of nitrogens with zero attached hydrogens (tertiary/aromatic N) is 4. The molecule has 3 aromatic rings. The molecule has 2 aromatic heterocycles. The summed E-state index contributed by atoms with van der Waals surface area (Å²) in [7, 11) is -3.54. The Morgan fingerprint density at radius 1 is 1.00 bits per heavy atom. The molecule has 0 spiro atoms. The minimum atomic E-state index is -3.54. The maximum atomic E-state index is 12.7. The van der Waals surface area contributed by atoms with Gasteiger partial charge in [0.2, 0.25) is 15.8 Å². The molecule has 1 amide bonds. The molecule has 3 heterocycles. The first-order valence-electron chi connectivity index (χ1n) is 9.45. The van der Waals surface area contributed by atoms with Crippen LogP contribution in [-0.4, -0.2) is 46.8 Å². The molecular formula is C19H20N6O4S. The van der Waals surface area contributed by atoms with E-state index in [2.05, 4.69) is 26.0 Å². The van der Waals surface area contributed by atoms with Crippen LogP contribution < -0.4 is 10.9 Å². The smallest absolute Gasteiger partial charge is 0.313 e. The molecule has 156 valence electrons. The van der Waals surface area contributed by atoms with Crippen LogP contribution in [0.4, 0.5) is 6.01 Å². The summed E-state index contributed by atoms with van der Waals surface area (Å²) in [6, 6.07) is 9.27. The van der Waals surface area contributed by atoms with Crippen LogP contribution in [0.1, 0.15) is 29.6 Å². The van der Waals surface area contributed by atoms with Crippen molar-refractivity contribution < 1.29 is 17.7 Å². The first kappa shape index (κ1) is 20.0. The Hall–Kier alpha value is -3.31. The molecule has 1 aliphatic rings. The van der Waals surface area contributed by atoms with Crippen molar-refractivity contribution in [3.63, 3.8) is 0 Å². The predicted octanol–water partition coefficient (Wildman–Crippen LogP) is 2.06. The van der Waals surface area contributed by atoms with Crippen molar-refractivity contribution in [1.82, 2.24) is 24.9 Å². The van der Waals surface area contributed by atoms with Gasteiger partial charge in [0.05, 0.1) is 4.90 Å². The summed E-state index contributed by atoms with van der Waals surface area (Å²) >= 11 is 0. The fourth-order valence-corrected chi connectivity index (χ4v) is 4.62. The third kappa shape index (κ3) is 4.31. The third-order valence-electron chi connectivity index (χ3n) is 4.72. The number of rotatable bonds is 6. The van der Waals surface area contributed by atoms with Crippen molar-refractivity contribution >= 4 is 21.9 Å². The summed E-state index contributed by atoms with van der Waals surface area (Å²) in [4.78, 5) is 20.5. The second kappa shape index (κ2) is 8.59. The van der Waals surface area contributed by atoms with E-state index in [0.29, 0.717) is 18.9 Å². The highest BCUT2D eigenvalue weighted by atomic mass is 32.2. The van der Waals surface area contributed by atoms with E-state index < -0.39 is 15.9 Å². The number of carbonyl (C=O) groups is 1. The summed E-state index contributed by atoms with van der Waals surface area (Å²) in [6.45, 7) is 1.06. The molecule has 0 aliphatic carbocycles. The van der Waals surface area contributed by atoms with Gasteiger partial charge >= 0.3 is 6.01 Å². The number of piperidine rings is 1. The van der Waals surface area contributed by atoms with Crippen molar-refractivity contribution in [2.75, 3.05) is 18.5 Å². The molecule has 4 rings (SSSR count). The zero-order valence-electron chi connectivity index (χ0n) is 16.0. The van der Waals surface area contributed by atoms with Gasteiger partial charge in [-0.05, 0) is 49.2 Å². The number of benzene rings is 1. The Morgan fingerprint density at radius 3 is 2.40 bits per heavy atom. The average Bonchev–Trinajstić information content (AvgIpc) is 3.28. The molecule has 0 saturated carbocycles. The van der Waals surface area contributed by atoms with Crippen molar-refractivity contribution in [2.24, 2.45) is 0 Å².